The van der Waals surface area contributed by atoms with E-state index in [2.05, 4.69) is 0 Å². The summed E-state index contributed by atoms with van der Waals surface area (Å²) in [7, 11) is 0. The van der Waals surface area contributed by atoms with Crippen molar-refractivity contribution in [3.05, 3.63) is 51.3 Å². The number of aliphatic hydroxyl groups excluding tert-OH is 1. The molecule has 1 aromatic carbocycles. The second-order valence-electron chi connectivity index (χ2n) is 4.87. The van der Waals surface area contributed by atoms with Crippen LogP contribution in [0, 0.1) is 10.1 Å². The quantitative estimate of drug-likeness (QED) is 0.576. The topological polar surface area (TPSA) is 141 Å². The Balaban J connectivity index is 2.52. The Kier molecular flexibility index (Phi) is 4.12. The molecular weight excluding hydrogens is 308 g/mol. The molecule has 0 bridgehead atoms. The van der Waals surface area contributed by atoms with Crippen molar-refractivity contribution in [2.24, 2.45) is 0 Å². The molecule has 1 heterocycles. The number of amides is 1. The van der Waals surface area contributed by atoms with E-state index in [1.54, 1.807) is 0 Å². The van der Waals surface area contributed by atoms with E-state index in [0.29, 0.717) is 0 Å². The second kappa shape index (κ2) is 5.87. The standard InChI is InChI=1S/C14H12N2O7/c1-7(17)11-12(8-2-4-9(5-3-8)16(22)23)15(6-10(18)19)14(21)13(11)20/h2-5,12,20H,6H2,1H3,(H,18,19)/p-1/t12-/m0/s1. The van der Waals surface area contributed by atoms with E-state index in [1.165, 1.54) is 12.1 Å². The molecule has 0 radical (unpaired) electrons. The third-order valence-corrected chi connectivity index (χ3v) is 3.40. The fourth-order valence-electron chi connectivity index (χ4n) is 2.44. The highest BCUT2D eigenvalue weighted by atomic mass is 16.6. The van der Waals surface area contributed by atoms with Gasteiger partial charge in [0, 0.05) is 12.1 Å². The van der Waals surface area contributed by atoms with Gasteiger partial charge in [-0.25, -0.2) is 0 Å². The number of carbonyl (C=O) groups is 3. The Morgan fingerprint density at radius 1 is 1.30 bits per heavy atom. The lowest BCUT2D eigenvalue weighted by atomic mass is 9.96. The molecule has 1 aliphatic rings. The fourth-order valence-corrected chi connectivity index (χ4v) is 2.44. The number of rotatable bonds is 5. The molecule has 1 N–H and O–H groups in total. The van der Waals surface area contributed by atoms with Gasteiger partial charge in [-0.3, -0.25) is 19.7 Å². The summed E-state index contributed by atoms with van der Waals surface area (Å²) in [6.07, 6.45) is 0. The molecule has 0 aliphatic carbocycles. The highest BCUT2D eigenvalue weighted by Gasteiger charge is 2.42. The first-order valence-corrected chi connectivity index (χ1v) is 6.43. The Labute approximate surface area is 129 Å². The molecule has 0 aromatic heterocycles. The number of ketones is 1. The molecule has 1 aliphatic heterocycles. The van der Waals surface area contributed by atoms with Gasteiger partial charge in [-0.05, 0) is 24.6 Å². The smallest absolute Gasteiger partial charge is 0.290 e. The molecule has 9 nitrogen and oxygen atoms in total. The summed E-state index contributed by atoms with van der Waals surface area (Å²) in [6, 6.07) is 3.76. The van der Waals surface area contributed by atoms with Crippen molar-refractivity contribution < 1.29 is 29.5 Å². The van der Waals surface area contributed by atoms with Crippen LogP contribution in [0.3, 0.4) is 0 Å². The second-order valence-corrected chi connectivity index (χ2v) is 4.87. The summed E-state index contributed by atoms with van der Waals surface area (Å²) < 4.78 is 0. The molecular formula is C14H11N2O7-. The SMILES string of the molecule is CC(=O)C1=C(O)C(=O)N(CC(=O)[O-])[C@H]1c1ccc([N+](=O)[O-])cc1. The van der Waals surface area contributed by atoms with E-state index < -0.39 is 40.9 Å². The summed E-state index contributed by atoms with van der Waals surface area (Å²) in [5, 5.41) is 31.3. The maximum Gasteiger partial charge on any atom is 0.290 e. The van der Waals surface area contributed by atoms with Gasteiger partial charge in [0.15, 0.2) is 11.5 Å². The summed E-state index contributed by atoms with van der Waals surface area (Å²) in [4.78, 5) is 45.3. The molecule has 1 atom stereocenters. The van der Waals surface area contributed by atoms with Crippen LogP contribution in [0.15, 0.2) is 35.6 Å². The van der Waals surface area contributed by atoms with Gasteiger partial charge in [0.25, 0.3) is 11.6 Å². The molecule has 0 spiro atoms. The zero-order chi connectivity index (χ0) is 17.3. The highest BCUT2D eigenvalue weighted by molar-refractivity contribution is 6.08. The van der Waals surface area contributed by atoms with Gasteiger partial charge in [-0.15, -0.1) is 0 Å². The lowest BCUT2D eigenvalue weighted by molar-refractivity contribution is -0.384. The van der Waals surface area contributed by atoms with Gasteiger partial charge in [0.2, 0.25) is 0 Å². The molecule has 2 rings (SSSR count). The molecule has 0 unspecified atom stereocenters. The van der Waals surface area contributed by atoms with Gasteiger partial charge in [-0.1, -0.05) is 0 Å². The number of hydrogen-bond donors (Lipinski definition) is 1. The molecule has 1 amide bonds. The van der Waals surface area contributed by atoms with Crippen LogP contribution in [-0.2, 0) is 14.4 Å². The number of nitrogens with zero attached hydrogens (tertiary/aromatic N) is 2. The van der Waals surface area contributed by atoms with Crippen molar-refractivity contribution in [1.82, 2.24) is 4.90 Å². The number of benzene rings is 1. The van der Waals surface area contributed by atoms with E-state index in [-0.39, 0.29) is 16.8 Å². The first-order chi connectivity index (χ1) is 10.7. The predicted molar refractivity (Wildman–Crippen MR) is 72.9 cm³/mol. The number of carbonyl (C=O) groups excluding carboxylic acids is 3. The van der Waals surface area contributed by atoms with E-state index in [1.807, 2.05) is 0 Å². The van der Waals surface area contributed by atoms with Gasteiger partial charge < -0.3 is 19.9 Å². The highest BCUT2D eigenvalue weighted by Crippen LogP contribution is 2.37. The minimum Gasteiger partial charge on any atom is -0.548 e. The van der Waals surface area contributed by atoms with E-state index in [9.17, 15) is 34.7 Å². The van der Waals surface area contributed by atoms with Crippen molar-refractivity contribution in [1.29, 1.82) is 0 Å². The van der Waals surface area contributed by atoms with Crippen molar-refractivity contribution in [3.8, 4) is 0 Å². The number of nitro benzene ring substituents is 1. The monoisotopic (exact) mass is 319 g/mol. The Hall–Kier alpha value is -3.23. The van der Waals surface area contributed by atoms with Crippen LogP contribution >= 0.6 is 0 Å². The third kappa shape index (κ3) is 2.89. The molecule has 0 saturated carbocycles. The van der Waals surface area contributed by atoms with Gasteiger partial charge in [0.05, 0.1) is 29.1 Å². The van der Waals surface area contributed by atoms with Gasteiger partial charge in [0.1, 0.15) is 0 Å². The lowest BCUT2D eigenvalue weighted by Gasteiger charge is -2.26. The minimum absolute atomic E-state index is 0.206. The van der Waals surface area contributed by atoms with Crippen LogP contribution in [0.2, 0.25) is 0 Å². The number of hydrogen-bond acceptors (Lipinski definition) is 7. The van der Waals surface area contributed by atoms with Gasteiger partial charge >= 0.3 is 0 Å². The zero-order valence-corrected chi connectivity index (χ0v) is 11.9. The van der Waals surface area contributed by atoms with Crippen LogP contribution < -0.4 is 5.11 Å². The molecule has 120 valence electrons. The van der Waals surface area contributed by atoms with Crippen molar-refractivity contribution in [2.75, 3.05) is 6.54 Å². The molecule has 0 saturated heterocycles. The fraction of sp³-hybridized carbons (Fsp3) is 0.214. The van der Waals surface area contributed by atoms with Crippen molar-refractivity contribution in [2.45, 2.75) is 13.0 Å². The van der Waals surface area contributed by atoms with Crippen LogP contribution in [0.5, 0.6) is 0 Å². The van der Waals surface area contributed by atoms with Crippen molar-refractivity contribution >= 4 is 23.3 Å². The van der Waals surface area contributed by atoms with Crippen molar-refractivity contribution in [3.63, 3.8) is 0 Å². The summed E-state index contributed by atoms with van der Waals surface area (Å²) in [6.45, 7) is 0.293. The summed E-state index contributed by atoms with van der Waals surface area (Å²) >= 11 is 0. The lowest BCUT2D eigenvalue weighted by Crippen LogP contribution is -2.41. The summed E-state index contributed by atoms with van der Waals surface area (Å²) in [5.41, 5.74) is -0.202. The molecule has 0 fully saturated rings. The maximum atomic E-state index is 12.0. The molecule has 9 heteroatoms. The molecule has 1 aromatic rings. The average Bonchev–Trinajstić information content (AvgIpc) is 2.71. The van der Waals surface area contributed by atoms with Crippen LogP contribution in [-0.4, -0.2) is 39.1 Å². The van der Waals surface area contributed by atoms with E-state index in [0.717, 1.165) is 24.0 Å². The zero-order valence-electron chi connectivity index (χ0n) is 11.9. The van der Waals surface area contributed by atoms with E-state index >= 15 is 0 Å². The number of Topliss-reactive ketones (excluding diaryl/α,β-unsaturated/α-hetero) is 1. The largest absolute Gasteiger partial charge is 0.548 e. The minimum atomic E-state index is -1.57. The Morgan fingerprint density at radius 3 is 2.30 bits per heavy atom. The number of carboxylic acids is 1. The van der Waals surface area contributed by atoms with Crippen LogP contribution in [0.25, 0.3) is 0 Å². The number of non-ortho nitro benzene ring substituents is 1. The first-order valence-electron chi connectivity index (χ1n) is 6.43. The predicted octanol–water partition coefficient (Wildman–Crippen LogP) is -0.371. The van der Waals surface area contributed by atoms with E-state index in [4.69, 9.17) is 0 Å². The average molecular weight is 319 g/mol. The van der Waals surface area contributed by atoms with Crippen LogP contribution in [0.4, 0.5) is 5.69 Å². The third-order valence-electron chi connectivity index (χ3n) is 3.40. The van der Waals surface area contributed by atoms with Gasteiger partial charge in [-0.2, -0.15) is 0 Å². The summed E-state index contributed by atoms with van der Waals surface area (Å²) in [5.74, 6) is -4.02. The number of aliphatic carboxylic acids is 1. The maximum absolute atomic E-state index is 12.0. The number of nitro groups is 1. The first kappa shape index (κ1) is 16.1. The Morgan fingerprint density at radius 2 is 1.87 bits per heavy atom. The normalized spacial score (nSPS) is 17.5. The number of aliphatic hydroxyl groups is 1. The Bertz CT molecular complexity index is 736. The molecule has 23 heavy (non-hydrogen) atoms. The van der Waals surface area contributed by atoms with Crippen LogP contribution in [0.1, 0.15) is 18.5 Å². The number of carboxylic acid groups (broad SMARTS) is 1.